The molecule has 9 nitrogen and oxygen atoms in total. The molecule has 2 fully saturated rings. The molecule has 9 heteroatoms. The lowest BCUT2D eigenvalue weighted by Gasteiger charge is -2.36. The van der Waals surface area contributed by atoms with Crippen molar-refractivity contribution in [2.24, 2.45) is 5.92 Å². The first kappa shape index (κ1) is 25.8. The first-order valence-corrected chi connectivity index (χ1v) is 12.7. The van der Waals surface area contributed by atoms with Gasteiger partial charge in [0.2, 0.25) is 17.7 Å². The van der Waals surface area contributed by atoms with Crippen LogP contribution in [0.15, 0.2) is 42.6 Å². The van der Waals surface area contributed by atoms with Crippen LogP contribution in [0.5, 0.6) is 0 Å². The van der Waals surface area contributed by atoms with E-state index in [0.29, 0.717) is 45.1 Å². The molecule has 0 spiro atoms. The maximum atomic E-state index is 12.9. The number of piperidine rings is 1. The topological polar surface area (TPSA) is 97.9 Å². The van der Waals surface area contributed by atoms with Crippen molar-refractivity contribution < 1.29 is 14.4 Å². The predicted octanol–water partition coefficient (Wildman–Crippen LogP) is 2.13. The summed E-state index contributed by atoms with van der Waals surface area (Å²) in [4.78, 5) is 48.2. The molecule has 1 aromatic carbocycles. The third kappa shape index (κ3) is 6.89. The van der Waals surface area contributed by atoms with E-state index >= 15 is 0 Å². The van der Waals surface area contributed by atoms with Crippen LogP contribution in [0.1, 0.15) is 24.0 Å². The number of amides is 3. The third-order valence-corrected chi connectivity index (χ3v) is 7.07. The maximum absolute atomic E-state index is 12.9. The van der Waals surface area contributed by atoms with Crippen molar-refractivity contribution in [3.05, 3.63) is 53.7 Å². The number of hydrogen-bond donors (Lipinski definition) is 2. The summed E-state index contributed by atoms with van der Waals surface area (Å²) in [5, 5.41) is 5.92. The van der Waals surface area contributed by atoms with Gasteiger partial charge in [0.05, 0.1) is 13.1 Å². The molecular weight excluding hydrogens is 456 g/mol. The van der Waals surface area contributed by atoms with E-state index in [4.69, 9.17) is 0 Å². The fourth-order valence-electron chi connectivity index (χ4n) is 4.86. The van der Waals surface area contributed by atoms with Crippen LogP contribution in [0.2, 0.25) is 0 Å². The minimum Gasteiger partial charge on any atom is -0.339 e. The Labute approximate surface area is 212 Å². The van der Waals surface area contributed by atoms with Crippen LogP contribution in [-0.4, -0.2) is 89.8 Å². The molecule has 2 N–H and O–H groups in total. The van der Waals surface area contributed by atoms with Gasteiger partial charge in [0.25, 0.3) is 0 Å². The van der Waals surface area contributed by atoms with Crippen LogP contribution in [0.4, 0.5) is 11.5 Å². The van der Waals surface area contributed by atoms with Gasteiger partial charge in [-0.3, -0.25) is 24.2 Å². The summed E-state index contributed by atoms with van der Waals surface area (Å²) in [6, 6.07) is 11.4. The number of nitrogens with one attached hydrogen (secondary N) is 2. The molecule has 36 heavy (non-hydrogen) atoms. The van der Waals surface area contributed by atoms with Crippen LogP contribution in [0.3, 0.4) is 0 Å². The van der Waals surface area contributed by atoms with Crippen LogP contribution in [-0.2, 0) is 14.4 Å². The number of para-hydroxylation sites is 1. The molecule has 2 aromatic rings. The number of nitrogens with zero attached hydrogens (tertiary/aromatic N) is 4. The van der Waals surface area contributed by atoms with Gasteiger partial charge in [-0.1, -0.05) is 24.3 Å². The van der Waals surface area contributed by atoms with Gasteiger partial charge in [0, 0.05) is 44.0 Å². The first-order valence-electron chi connectivity index (χ1n) is 12.7. The zero-order valence-electron chi connectivity index (χ0n) is 21.2. The highest BCUT2D eigenvalue weighted by molar-refractivity contribution is 5.94. The number of anilines is 2. The van der Waals surface area contributed by atoms with E-state index in [0.717, 1.165) is 42.7 Å². The largest absolute Gasteiger partial charge is 0.339 e. The van der Waals surface area contributed by atoms with E-state index in [1.54, 1.807) is 12.3 Å². The quantitative estimate of drug-likeness (QED) is 0.615. The molecular formula is C27H36N6O3. The van der Waals surface area contributed by atoms with Crippen LogP contribution >= 0.6 is 0 Å². The van der Waals surface area contributed by atoms with Crippen LogP contribution in [0, 0.1) is 19.8 Å². The van der Waals surface area contributed by atoms with Crippen LogP contribution in [0.25, 0.3) is 0 Å². The monoisotopic (exact) mass is 492 g/mol. The minimum atomic E-state index is -0.0588. The van der Waals surface area contributed by atoms with E-state index in [1.807, 2.05) is 49.1 Å². The van der Waals surface area contributed by atoms with E-state index in [9.17, 15) is 14.4 Å². The number of likely N-dealkylation sites (tertiary alicyclic amines) is 1. The number of hydrogen-bond acceptors (Lipinski definition) is 6. The Morgan fingerprint density at radius 2 is 1.50 bits per heavy atom. The van der Waals surface area contributed by atoms with Crippen molar-refractivity contribution in [1.82, 2.24) is 19.7 Å². The number of rotatable bonds is 7. The minimum absolute atomic E-state index is 0.00239. The van der Waals surface area contributed by atoms with E-state index in [2.05, 4.69) is 25.4 Å². The highest BCUT2D eigenvalue weighted by atomic mass is 16.2. The number of aryl methyl sites for hydroxylation is 2. The highest BCUT2D eigenvalue weighted by Gasteiger charge is 2.28. The molecule has 0 atom stereocenters. The van der Waals surface area contributed by atoms with Crippen molar-refractivity contribution in [1.29, 1.82) is 0 Å². The van der Waals surface area contributed by atoms with Crippen LogP contribution < -0.4 is 10.6 Å². The second kappa shape index (κ2) is 12.1. The average molecular weight is 493 g/mol. The molecule has 3 amide bonds. The zero-order valence-corrected chi connectivity index (χ0v) is 21.2. The molecule has 2 saturated heterocycles. The summed E-state index contributed by atoms with van der Waals surface area (Å²) in [7, 11) is 0. The Morgan fingerprint density at radius 3 is 2.14 bits per heavy atom. The van der Waals surface area contributed by atoms with Gasteiger partial charge in [-0.25, -0.2) is 4.98 Å². The highest BCUT2D eigenvalue weighted by Crippen LogP contribution is 2.20. The average Bonchev–Trinajstić information content (AvgIpc) is 2.88. The fourth-order valence-corrected chi connectivity index (χ4v) is 4.86. The van der Waals surface area contributed by atoms with Gasteiger partial charge in [-0.15, -0.1) is 0 Å². The van der Waals surface area contributed by atoms with Crippen molar-refractivity contribution in [2.45, 2.75) is 26.7 Å². The lowest BCUT2D eigenvalue weighted by Crippen LogP contribution is -2.53. The second-order valence-corrected chi connectivity index (χ2v) is 9.73. The normalized spacial score (nSPS) is 17.6. The summed E-state index contributed by atoms with van der Waals surface area (Å²) in [5.74, 6) is 0.601. The molecule has 2 aliphatic rings. The van der Waals surface area contributed by atoms with Crippen molar-refractivity contribution in [3.8, 4) is 0 Å². The molecule has 2 aliphatic heterocycles. The van der Waals surface area contributed by atoms with Gasteiger partial charge in [0.15, 0.2) is 0 Å². The molecule has 0 bridgehead atoms. The zero-order chi connectivity index (χ0) is 25.5. The molecule has 3 heterocycles. The summed E-state index contributed by atoms with van der Waals surface area (Å²) >= 11 is 0. The first-order chi connectivity index (χ1) is 17.4. The summed E-state index contributed by atoms with van der Waals surface area (Å²) in [5.41, 5.74) is 2.99. The molecule has 0 unspecified atom stereocenters. The Morgan fingerprint density at radius 1 is 0.833 bits per heavy atom. The van der Waals surface area contributed by atoms with E-state index in [1.165, 1.54) is 0 Å². The number of carbonyl (C=O) groups is 3. The predicted molar refractivity (Wildman–Crippen MR) is 140 cm³/mol. The van der Waals surface area contributed by atoms with Gasteiger partial charge < -0.3 is 15.5 Å². The van der Waals surface area contributed by atoms with Gasteiger partial charge >= 0.3 is 0 Å². The van der Waals surface area contributed by atoms with E-state index in [-0.39, 0.29) is 23.6 Å². The molecule has 192 valence electrons. The smallest absolute Gasteiger partial charge is 0.238 e. The summed E-state index contributed by atoms with van der Waals surface area (Å²) in [6.07, 6.45) is 3.12. The van der Waals surface area contributed by atoms with Gasteiger partial charge in [0.1, 0.15) is 5.82 Å². The van der Waals surface area contributed by atoms with Gasteiger partial charge in [-0.2, -0.15) is 0 Å². The molecule has 1 aromatic heterocycles. The SMILES string of the molecule is Cc1cccc(C)c1NC(=O)CN1CCN(C(=O)CN2CCC(C(=O)Nc3ccccn3)CC2)CC1. The number of aromatic nitrogens is 1. The Kier molecular flexibility index (Phi) is 8.66. The Hall–Kier alpha value is -3.30. The summed E-state index contributed by atoms with van der Waals surface area (Å²) in [6.45, 7) is 8.75. The standard InChI is InChI=1S/C27H36N6O3/c1-20-6-5-7-21(2)26(20)30-24(34)18-32-14-16-33(17-15-32)25(35)19-31-12-9-22(10-13-31)27(36)29-23-8-3-4-11-28-23/h3-8,11,22H,9-10,12-19H2,1-2H3,(H,30,34)(H,28,29,36). The maximum Gasteiger partial charge on any atom is 0.238 e. The third-order valence-electron chi connectivity index (χ3n) is 7.07. The number of benzene rings is 1. The van der Waals surface area contributed by atoms with Gasteiger partial charge in [-0.05, 0) is 63.0 Å². The molecule has 0 radical (unpaired) electrons. The molecule has 0 aliphatic carbocycles. The lowest BCUT2D eigenvalue weighted by atomic mass is 9.96. The number of carbonyl (C=O) groups excluding carboxylic acids is 3. The summed E-state index contributed by atoms with van der Waals surface area (Å²) < 4.78 is 0. The second-order valence-electron chi connectivity index (χ2n) is 9.73. The van der Waals surface area contributed by atoms with Crippen molar-refractivity contribution in [3.63, 3.8) is 0 Å². The Balaban J connectivity index is 1.15. The number of piperazine rings is 1. The fraction of sp³-hybridized carbons (Fsp3) is 0.481. The van der Waals surface area contributed by atoms with Crippen molar-refractivity contribution in [2.75, 3.05) is 63.0 Å². The molecule has 4 rings (SSSR count). The Bertz CT molecular complexity index is 1040. The van der Waals surface area contributed by atoms with E-state index < -0.39 is 0 Å². The molecule has 0 saturated carbocycles. The van der Waals surface area contributed by atoms with Crippen molar-refractivity contribution >= 4 is 29.2 Å². The number of pyridine rings is 1. The lowest BCUT2D eigenvalue weighted by molar-refractivity contribution is -0.134.